The maximum absolute atomic E-state index is 3.85. The van der Waals surface area contributed by atoms with Crippen LogP contribution in [0.1, 0.15) is 65.7 Å². The largest absolute Gasteiger partial charge is 0.103 e. The van der Waals surface area contributed by atoms with Gasteiger partial charge in [-0.25, -0.2) is 0 Å². The third-order valence-electron chi connectivity index (χ3n) is 4.45. The van der Waals surface area contributed by atoms with Crippen molar-refractivity contribution in [3.05, 3.63) is 36.5 Å². The molecule has 0 heteroatoms. The molecule has 0 heterocycles. The van der Waals surface area contributed by atoms with Gasteiger partial charge in [-0.05, 0) is 63.2 Å². The van der Waals surface area contributed by atoms with Gasteiger partial charge in [-0.1, -0.05) is 50.1 Å². The molecule has 0 spiro atoms. The minimum atomic E-state index is 0.773. The van der Waals surface area contributed by atoms with Crippen molar-refractivity contribution in [1.29, 1.82) is 0 Å². The number of hydrogen-bond acceptors (Lipinski definition) is 0. The van der Waals surface area contributed by atoms with Crippen molar-refractivity contribution in [2.75, 3.05) is 0 Å². The molecule has 1 aliphatic carbocycles. The van der Waals surface area contributed by atoms with Crippen LogP contribution in [-0.4, -0.2) is 0 Å². The van der Waals surface area contributed by atoms with Crippen LogP contribution in [0.5, 0.6) is 0 Å². The first-order valence-electron chi connectivity index (χ1n) is 8.18. The van der Waals surface area contributed by atoms with Gasteiger partial charge in [-0.2, -0.15) is 0 Å². The van der Waals surface area contributed by atoms with Crippen molar-refractivity contribution in [2.45, 2.75) is 65.7 Å². The summed E-state index contributed by atoms with van der Waals surface area (Å²) in [4.78, 5) is 0. The van der Waals surface area contributed by atoms with Gasteiger partial charge in [-0.3, -0.25) is 0 Å². The first-order valence-corrected chi connectivity index (χ1v) is 8.18. The second-order valence-electron chi connectivity index (χ2n) is 5.98. The lowest BCUT2D eigenvalue weighted by Gasteiger charge is -2.36. The highest BCUT2D eigenvalue weighted by Crippen LogP contribution is 2.40. The summed E-state index contributed by atoms with van der Waals surface area (Å²) in [5, 5.41) is 0. The van der Waals surface area contributed by atoms with Crippen molar-refractivity contribution in [3.8, 4) is 0 Å². The van der Waals surface area contributed by atoms with Gasteiger partial charge in [0.25, 0.3) is 0 Å². The molecule has 0 bridgehead atoms. The second kappa shape index (κ2) is 9.18. The lowest BCUT2D eigenvalue weighted by Crippen LogP contribution is -2.26. The van der Waals surface area contributed by atoms with E-state index in [-0.39, 0.29) is 0 Å². The lowest BCUT2D eigenvalue weighted by molar-refractivity contribution is 0.258. The standard InChI is InChI=1S/C19H32/c1-5-8-9-13-18-15-10-14-17(12-7-3)19(18)16(4)11-6-2/h5,10-11,14,17-19H,1,6-9,12-13,15H2,2-4H3. The van der Waals surface area contributed by atoms with Crippen LogP contribution in [0.2, 0.25) is 0 Å². The Kier molecular flexibility index (Phi) is 7.86. The van der Waals surface area contributed by atoms with Crippen LogP contribution >= 0.6 is 0 Å². The zero-order valence-corrected chi connectivity index (χ0v) is 13.2. The van der Waals surface area contributed by atoms with E-state index in [0.29, 0.717) is 0 Å². The molecule has 3 atom stereocenters. The molecule has 19 heavy (non-hydrogen) atoms. The fourth-order valence-corrected chi connectivity index (χ4v) is 3.64. The van der Waals surface area contributed by atoms with Crippen LogP contribution in [0.25, 0.3) is 0 Å². The van der Waals surface area contributed by atoms with Gasteiger partial charge in [0.2, 0.25) is 0 Å². The molecule has 1 aliphatic rings. The van der Waals surface area contributed by atoms with Crippen LogP contribution in [-0.2, 0) is 0 Å². The van der Waals surface area contributed by atoms with Crippen LogP contribution < -0.4 is 0 Å². The average molecular weight is 260 g/mol. The van der Waals surface area contributed by atoms with Crippen molar-refractivity contribution >= 4 is 0 Å². The first kappa shape index (κ1) is 16.3. The Balaban J connectivity index is 2.78. The zero-order valence-electron chi connectivity index (χ0n) is 13.2. The van der Waals surface area contributed by atoms with Crippen LogP contribution in [0.3, 0.4) is 0 Å². The normalized spacial score (nSPS) is 27.5. The molecule has 0 saturated heterocycles. The molecule has 0 amide bonds. The summed E-state index contributed by atoms with van der Waals surface area (Å²) in [7, 11) is 0. The molecule has 3 unspecified atom stereocenters. The van der Waals surface area contributed by atoms with Crippen LogP contribution in [0, 0.1) is 17.8 Å². The minimum Gasteiger partial charge on any atom is -0.103 e. The summed E-state index contributed by atoms with van der Waals surface area (Å²) in [6.45, 7) is 10.8. The topological polar surface area (TPSA) is 0 Å². The highest BCUT2D eigenvalue weighted by atomic mass is 14.3. The molecule has 0 aromatic heterocycles. The SMILES string of the molecule is C=CCCCC1CC=CC(CCC)C1C(C)=CCC. The second-order valence-corrected chi connectivity index (χ2v) is 5.98. The van der Waals surface area contributed by atoms with E-state index in [1.807, 2.05) is 0 Å². The van der Waals surface area contributed by atoms with Gasteiger partial charge in [0, 0.05) is 0 Å². The first-order chi connectivity index (χ1) is 9.24. The van der Waals surface area contributed by atoms with E-state index in [9.17, 15) is 0 Å². The van der Waals surface area contributed by atoms with E-state index in [2.05, 4.69) is 51.7 Å². The fourth-order valence-electron chi connectivity index (χ4n) is 3.64. The maximum Gasteiger partial charge on any atom is -0.0112 e. The van der Waals surface area contributed by atoms with Crippen molar-refractivity contribution in [2.24, 2.45) is 17.8 Å². The Morgan fingerprint density at radius 3 is 2.74 bits per heavy atom. The Bertz CT molecular complexity index is 308. The molecular weight excluding hydrogens is 228 g/mol. The van der Waals surface area contributed by atoms with Gasteiger partial charge >= 0.3 is 0 Å². The van der Waals surface area contributed by atoms with Gasteiger partial charge in [-0.15, -0.1) is 6.58 Å². The smallest absolute Gasteiger partial charge is 0.0112 e. The van der Waals surface area contributed by atoms with Crippen LogP contribution in [0.15, 0.2) is 36.5 Å². The predicted octanol–water partition coefficient (Wildman–Crippen LogP) is 6.31. The highest BCUT2D eigenvalue weighted by molar-refractivity contribution is 5.14. The number of allylic oxidation sites excluding steroid dienone is 5. The number of rotatable bonds is 8. The van der Waals surface area contributed by atoms with E-state index >= 15 is 0 Å². The number of unbranched alkanes of at least 4 members (excludes halogenated alkanes) is 1. The molecule has 0 fully saturated rings. The molecule has 0 aromatic rings. The van der Waals surface area contributed by atoms with Gasteiger partial charge in [0.1, 0.15) is 0 Å². The molecule has 108 valence electrons. The molecular formula is C19H32. The molecule has 0 aromatic carbocycles. The van der Waals surface area contributed by atoms with Gasteiger partial charge in [0.15, 0.2) is 0 Å². The van der Waals surface area contributed by atoms with Crippen molar-refractivity contribution in [3.63, 3.8) is 0 Å². The molecule has 0 N–H and O–H groups in total. The Hall–Kier alpha value is -0.780. The Morgan fingerprint density at radius 1 is 1.32 bits per heavy atom. The summed E-state index contributed by atoms with van der Waals surface area (Å²) < 4.78 is 0. The summed E-state index contributed by atoms with van der Waals surface area (Å²) in [6.07, 6.45) is 18.4. The third-order valence-corrected chi connectivity index (χ3v) is 4.45. The molecule has 0 nitrogen and oxygen atoms in total. The predicted molar refractivity (Wildman–Crippen MR) is 87.2 cm³/mol. The fraction of sp³-hybridized carbons (Fsp3) is 0.684. The number of hydrogen-bond donors (Lipinski definition) is 0. The van der Waals surface area contributed by atoms with Gasteiger partial charge in [0.05, 0.1) is 0 Å². The molecule has 0 radical (unpaired) electrons. The summed E-state index contributed by atoms with van der Waals surface area (Å²) >= 11 is 0. The monoisotopic (exact) mass is 260 g/mol. The van der Waals surface area contributed by atoms with E-state index in [0.717, 1.165) is 17.8 Å². The van der Waals surface area contributed by atoms with Crippen molar-refractivity contribution in [1.82, 2.24) is 0 Å². The summed E-state index contributed by atoms with van der Waals surface area (Å²) in [6, 6.07) is 0. The third kappa shape index (κ3) is 5.01. The molecule has 0 saturated carbocycles. The van der Waals surface area contributed by atoms with E-state index < -0.39 is 0 Å². The lowest BCUT2D eigenvalue weighted by atomic mass is 9.69. The van der Waals surface area contributed by atoms with E-state index in [4.69, 9.17) is 0 Å². The maximum atomic E-state index is 3.85. The molecule has 1 rings (SSSR count). The van der Waals surface area contributed by atoms with E-state index in [1.165, 1.54) is 44.9 Å². The quantitative estimate of drug-likeness (QED) is 0.354. The zero-order chi connectivity index (χ0) is 14.1. The van der Waals surface area contributed by atoms with Crippen LogP contribution in [0.4, 0.5) is 0 Å². The highest BCUT2D eigenvalue weighted by Gasteiger charge is 2.30. The summed E-state index contributed by atoms with van der Waals surface area (Å²) in [5.41, 5.74) is 1.63. The molecule has 0 aliphatic heterocycles. The Morgan fingerprint density at radius 2 is 2.11 bits per heavy atom. The van der Waals surface area contributed by atoms with Crippen molar-refractivity contribution < 1.29 is 0 Å². The Labute approximate surface area is 120 Å². The van der Waals surface area contributed by atoms with Gasteiger partial charge < -0.3 is 0 Å². The minimum absolute atomic E-state index is 0.773. The average Bonchev–Trinajstić information content (AvgIpc) is 2.40. The summed E-state index contributed by atoms with van der Waals surface area (Å²) in [5.74, 6) is 2.41. The van der Waals surface area contributed by atoms with E-state index in [1.54, 1.807) is 5.57 Å².